The minimum atomic E-state index is -1.03. The SMILES string of the molecule is CCOC(=O)[C@H]1CCCN(C(=O)Cc2c(C(=O)O)c(C)cn2C)C1. The Balaban J connectivity index is 2.10. The Morgan fingerprint density at radius 1 is 1.38 bits per heavy atom. The van der Waals surface area contributed by atoms with E-state index in [1.807, 2.05) is 0 Å². The first kappa shape index (κ1) is 18.0. The number of aromatic nitrogens is 1. The lowest BCUT2D eigenvalue weighted by Gasteiger charge is -2.31. The largest absolute Gasteiger partial charge is 0.478 e. The molecule has 1 amide bonds. The number of hydrogen-bond donors (Lipinski definition) is 1. The lowest BCUT2D eigenvalue weighted by atomic mass is 9.97. The van der Waals surface area contributed by atoms with E-state index < -0.39 is 5.97 Å². The summed E-state index contributed by atoms with van der Waals surface area (Å²) in [7, 11) is 1.74. The molecule has 1 N–H and O–H groups in total. The van der Waals surface area contributed by atoms with Crippen LogP contribution < -0.4 is 0 Å². The molecule has 0 unspecified atom stereocenters. The van der Waals surface area contributed by atoms with Crippen molar-refractivity contribution in [3.05, 3.63) is 23.0 Å². The number of aryl methyl sites for hydroxylation is 2. The van der Waals surface area contributed by atoms with Crippen molar-refractivity contribution in [3.8, 4) is 0 Å². The maximum Gasteiger partial charge on any atom is 0.337 e. The first-order chi connectivity index (χ1) is 11.3. The van der Waals surface area contributed by atoms with Crippen molar-refractivity contribution < 1.29 is 24.2 Å². The van der Waals surface area contributed by atoms with Crippen LogP contribution in [0.2, 0.25) is 0 Å². The van der Waals surface area contributed by atoms with Gasteiger partial charge < -0.3 is 19.3 Å². The molecule has 0 bridgehead atoms. The highest BCUT2D eigenvalue weighted by Gasteiger charge is 2.30. The molecule has 1 aliphatic heterocycles. The van der Waals surface area contributed by atoms with Gasteiger partial charge in [0.15, 0.2) is 0 Å². The number of amides is 1. The van der Waals surface area contributed by atoms with Gasteiger partial charge in [0.05, 0.1) is 24.5 Å². The van der Waals surface area contributed by atoms with Crippen molar-refractivity contribution in [2.24, 2.45) is 13.0 Å². The fraction of sp³-hybridized carbons (Fsp3) is 0.588. The Hall–Kier alpha value is -2.31. The van der Waals surface area contributed by atoms with Gasteiger partial charge in [-0.1, -0.05) is 0 Å². The maximum absolute atomic E-state index is 12.6. The van der Waals surface area contributed by atoms with Crippen molar-refractivity contribution in [1.29, 1.82) is 0 Å². The zero-order valence-corrected chi connectivity index (χ0v) is 14.4. The second-order valence-corrected chi connectivity index (χ2v) is 6.16. The molecule has 1 aromatic rings. The summed E-state index contributed by atoms with van der Waals surface area (Å²) in [4.78, 5) is 37.5. The topological polar surface area (TPSA) is 88.8 Å². The second-order valence-electron chi connectivity index (χ2n) is 6.16. The number of rotatable bonds is 5. The molecule has 2 rings (SSSR count). The number of carboxylic acid groups (broad SMARTS) is 1. The van der Waals surface area contributed by atoms with E-state index in [2.05, 4.69) is 0 Å². The number of carboxylic acids is 1. The zero-order chi connectivity index (χ0) is 17.9. The number of esters is 1. The van der Waals surface area contributed by atoms with Gasteiger partial charge in [0.1, 0.15) is 0 Å². The number of carbonyl (C=O) groups is 3. The molecule has 0 radical (unpaired) electrons. The van der Waals surface area contributed by atoms with E-state index in [4.69, 9.17) is 4.74 Å². The summed E-state index contributed by atoms with van der Waals surface area (Å²) in [6, 6.07) is 0. The Morgan fingerprint density at radius 2 is 2.08 bits per heavy atom. The van der Waals surface area contributed by atoms with E-state index in [0.29, 0.717) is 37.4 Å². The molecule has 0 spiro atoms. The predicted molar refractivity (Wildman–Crippen MR) is 86.8 cm³/mol. The first-order valence-corrected chi connectivity index (χ1v) is 8.17. The highest BCUT2D eigenvalue weighted by atomic mass is 16.5. The molecule has 1 aromatic heterocycles. The molecule has 132 valence electrons. The van der Waals surface area contributed by atoms with Gasteiger partial charge in [-0.2, -0.15) is 0 Å². The Kier molecular flexibility index (Phi) is 5.64. The van der Waals surface area contributed by atoms with E-state index in [1.165, 1.54) is 0 Å². The van der Waals surface area contributed by atoms with Crippen LogP contribution in [0.1, 0.15) is 41.4 Å². The molecule has 7 heteroatoms. The maximum atomic E-state index is 12.6. The number of likely N-dealkylation sites (tertiary alicyclic amines) is 1. The van der Waals surface area contributed by atoms with Gasteiger partial charge in [-0.25, -0.2) is 4.79 Å². The highest BCUT2D eigenvalue weighted by Crippen LogP contribution is 2.21. The summed E-state index contributed by atoms with van der Waals surface area (Å²) in [5, 5.41) is 9.36. The third-order valence-corrected chi connectivity index (χ3v) is 4.42. The predicted octanol–water partition coefficient (Wildman–Crippen LogP) is 1.38. The molecular weight excluding hydrogens is 312 g/mol. The van der Waals surface area contributed by atoms with Crippen LogP contribution >= 0.6 is 0 Å². The van der Waals surface area contributed by atoms with Gasteiger partial charge in [-0.15, -0.1) is 0 Å². The van der Waals surface area contributed by atoms with Crippen LogP contribution in [-0.4, -0.2) is 52.1 Å². The van der Waals surface area contributed by atoms with Gasteiger partial charge >= 0.3 is 11.9 Å². The number of piperidine rings is 1. The van der Waals surface area contributed by atoms with Crippen LogP contribution in [0.4, 0.5) is 0 Å². The lowest BCUT2D eigenvalue weighted by molar-refractivity contribution is -0.151. The molecule has 1 atom stereocenters. The van der Waals surface area contributed by atoms with Crippen LogP contribution in [0.5, 0.6) is 0 Å². The molecule has 0 saturated carbocycles. The van der Waals surface area contributed by atoms with Crippen LogP contribution in [0, 0.1) is 12.8 Å². The minimum absolute atomic E-state index is 0.0154. The quantitative estimate of drug-likeness (QED) is 0.821. The smallest absolute Gasteiger partial charge is 0.337 e. The van der Waals surface area contributed by atoms with Crippen molar-refractivity contribution in [2.75, 3.05) is 19.7 Å². The molecule has 1 fully saturated rings. The summed E-state index contributed by atoms with van der Waals surface area (Å²) >= 11 is 0. The van der Waals surface area contributed by atoms with Crippen molar-refractivity contribution in [1.82, 2.24) is 9.47 Å². The van der Waals surface area contributed by atoms with E-state index in [-0.39, 0.29) is 29.8 Å². The van der Waals surface area contributed by atoms with E-state index in [1.54, 1.807) is 36.6 Å². The number of aromatic carboxylic acids is 1. The van der Waals surface area contributed by atoms with Crippen LogP contribution in [-0.2, 0) is 27.8 Å². The van der Waals surface area contributed by atoms with Crippen molar-refractivity contribution in [3.63, 3.8) is 0 Å². The van der Waals surface area contributed by atoms with Gasteiger partial charge in [-0.3, -0.25) is 9.59 Å². The molecular formula is C17H24N2O5. The fourth-order valence-electron chi connectivity index (χ4n) is 3.25. The third kappa shape index (κ3) is 3.77. The Bertz CT molecular complexity index is 650. The summed E-state index contributed by atoms with van der Waals surface area (Å²) in [6.07, 6.45) is 3.19. The van der Waals surface area contributed by atoms with Gasteiger partial charge in [-0.05, 0) is 32.3 Å². The van der Waals surface area contributed by atoms with Gasteiger partial charge in [0.25, 0.3) is 0 Å². The van der Waals surface area contributed by atoms with Crippen molar-refractivity contribution in [2.45, 2.75) is 33.1 Å². The molecule has 0 aromatic carbocycles. The summed E-state index contributed by atoms with van der Waals surface area (Å²) in [5.74, 6) is -1.75. The molecule has 0 aliphatic carbocycles. The number of nitrogens with zero attached hydrogens (tertiary/aromatic N) is 2. The van der Waals surface area contributed by atoms with E-state index >= 15 is 0 Å². The summed E-state index contributed by atoms with van der Waals surface area (Å²) in [6.45, 7) is 4.72. The summed E-state index contributed by atoms with van der Waals surface area (Å²) < 4.78 is 6.73. The third-order valence-electron chi connectivity index (χ3n) is 4.42. The van der Waals surface area contributed by atoms with Crippen molar-refractivity contribution >= 4 is 17.8 Å². The first-order valence-electron chi connectivity index (χ1n) is 8.17. The summed E-state index contributed by atoms with van der Waals surface area (Å²) in [5.41, 5.74) is 1.31. The molecule has 2 heterocycles. The second kappa shape index (κ2) is 7.51. The molecule has 1 aliphatic rings. The standard InChI is InChI=1S/C17H24N2O5/c1-4-24-17(23)12-6-5-7-19(10-12)14(20)8-13-15(16(21)22)11(2)9-18(13)3/h9,12H,4-8,10H2,1-3H3,(H,21,22)/t12-/m0/s1. The van der Waals surface area contributed by atoms with Crippen LogP contribution in [0.3, 0.4) is 0 Å². The number of carbonyl (C=O) groups excluding carboxylic acids is 2. The van der Waals surface area contributed by atoms with E-state index in [0.717, 1.165) is 6.42 Å². The molecule has 24 heavy (non-hydrogen) atoms. The molecule has 7 nitrogen and oxygen atoms in total. The minimum Gasteiger partial charge on any atom is -0.478 e. The normalized spacial score (nSPS) is 17.6. The fourth-order valence-corrected chi connectivity index (χ4v) is 3.25. The monoisotopic (exact) mass is 336 g/mol. The Morgan fingerprint density at radius 3 is 2.71 bits per heavy atom. The highest BCUT2D eigenvalue weighted by molar-refractivity contribution is 5.93. The average molecular weight is 336 g/mol. The van der Waals surface area contributed by atoms with Crippen LogP contribution in [0.15, 0.2) is 6.20 Å². The van der Waals surface area contributed by atoms with Gasteiger partial charge in [0.2, 0.25) is 5.91 Å². The average Bonchev–Trinajstić information content (AvgIpc) is 2.81. The van der Waals surface area contributed by atoms with E-state index in [9.17, 15) is 19.5 Å². The zero-order valence-electron chi connectivity index (χ0n) is 14.4. The molecule has 1 saturated heterocycles. The lowest BCUT2D eigenvalue weighted by Crippen LogP contribution is -2.43. The number of hydrogen-bond acceptors (Lipinski definition) is 4. The van der Waals surface area contributed by atoms with Crippen LogP contribution in [0.25, 0.3) is 0 Å². The van der Waals surface area contributed by atoms with Gasteiger partial charge in [0, 0.05) is 32.0 Å². The Labute approximate surface area is 141 Å². The number of ether oxygens (including phenoxy) is 1.